The summed E-state index contributed by atoms with van der Waals surface area (Å²) >= 11 is 0. The SMILES string of the molecule is CC1(C)C=NCCN1. The Balaban J connectivity index is 2.56. The molecule has 0 bridgehead atoms. The maximum Gasteiger partial charge on any atom is 0.0511 e. The van der Waals surface area contributed by atoms with Crippen LogP contribution in [0.15, 0.2) is 4.99 Å². The molecule has 0 aromatic carbocycles. The summed E-state index contributed by atoms with van der Waals surface area (Å²) in [7, 11) is 0. The smallest absolute Gasteiger partial charge is 0.0511 e. The third-order valence-electron chi connectivity index (χ3n) is 1.24. The molecule has 1 aliphatic rings. The van der Waals surface area contributed by atoms with E-state index in [4.69, 9.17) is 0 Å². The molecule has 0 spiro atoms. The van der Waals surface area contributed by atoms with Crippen molar-refractivity contribution in [3.63, 3.8) is 0 Å². The molecule has 8 heavy (non-hydrogen) atoms. The van der Waals surface area contributed by atoms with Crippen LogP contribution in [0.1, 0.15) is 13.8 Å². The molecule has 0 aliphatic carbocycles. The first-order chi connectivity index (χ1) is 3.71. The predicted octanol–water partition coefficient (Wildman–Crippen LogP) is 0.439. The van der Waals surface area contributed by atoms with Gasteiger partial charge in [-0.2, -0.15) is 0 Å². The quantitative estimate of drug-likeness (QED) is 0.483. The summed E-state index contributed by atoms with van der Waals surface area (Å²) in [5.41, 5.74) is 0.137. The second-order valence-corrected chi connectivity index (χ2v) is 2.68. The largest absolute Gasteiger partial charge is 0.305 e. The molecule has 0 unspecified atom stereocenters. The fraction of sp³-hybridized carbons (Fsp3) is 0.833. The van der Waals surface area contributed by atoms with E-state index in [2.05, 4.69) is 24.2 Å². The molecule has 46 valence electrons. The lowest BCUT2D eigenvalue weighted by molar-refractivity contribution is 0.502. The highest BCUT2D eigenvalue weighted by Gasteiger charge is 2.14. The Labute approximate surface area is 50.0 Å². The van der Waals surface area contributed by atoms with Crippen molar-refractivity contribution in [2.45, 2.75) is 19.4 Å². The zero-order valence-corrected chi connectivity index (χ0v) is 5.44. The van der Waals surface area contributed by atoms with Gasteiger partial charge >= 0.3 is 0 Å². The van der Waals surface area contributed by atoms with Gasteiger partial charge in [-0.15, -0.1) is 0 Å². The summed E-state index contributed by atoms with van der Waals surface area (Å²) < 4.78 is 0. The summed E-state index contributed by atoms with van der Waals surface area (Å²) in [6.07, 6.45) is 1.97. The standard InChI is InChI=1S/C6H12N2/c1-6(2)5-7-3-4-8-6/h5,8H,3-4H2,1-2H3. The van der Waals surface area contributed by atoms with E-state index in [1.54, 1.807) is 0 Å². The number of hydrogen-bond acceptors (Lipinski definition) is 2. The number of nitrogens with zero attached hydrogens (tertiary/aromatic N) is 1. The zero-order chi connectivity index (χ0) is 6.04. The number of aliphatic imine (C=N–C) groups is 1. The lowest BCUT2D eigenvalue weighted by atomic mass is 10.1. The van der Waals surface area contributed by atoms with E-state index >= 15 is 0 Å². The predicted molar refractivity (Wildman–Crippen MR) is 35.4 cm³/mol. The Hall–Kier alpha value is -0.370. The first kappa shape index (κ1) is 5.76. The molecule has 2 heteroatoms. The van der Waals surface area contributed by atoms with E-state index in [1.165, 1.54) is 0 Å². The third-order valence-corrected chi connectivity index (χ3v) is 1.24. The third kappa shape index (κ3) is 1.30. The van der Waals surface area contributed by atoms with E-state index in [0.29, 0.717) is 0 Å². The van der Waals surface area contributed by atoms with Crippen LogP contribution in [0.3, 0.4) is 0 Å². The molecule has 1 heterocycles. The Kier molecular flexibility index (Phi) is 1.34. The van der Waals surface area contributed by atoms with Crippen molar-refractivity contribution < 1.29 is 0 Å². The number of rotatable bonds is 0. The minimum absolute atomic E-state index is 0.137. The maximum absolute atomic E-state index is 4.14. The van der Waals surface area contributed by atoms with Crippen LogP contribution in [0.5, 0.6) is 0 Å². The van der Waals surface area contributed by atoms with Gasteiger partial charge in [0.05, 0.1) is 6.54 Å². The highest BCUT2D eigenvalue weighted by Crippen LogP contribution is 1.99. The van der Waals surface area contributed by atoms with Crippen LogP contribution in [0, 0.1) is 0 Å². The van der Waals surface area contributed by atoms with Gasteiger partial charge < -0.3 is 5.32 Å². The summed E-state index contributed by atoms with van der Waals surface area (Å²) in [6, 6.07) is 0. The Bertz CT molecular complexity index is 105. The summed E-state index contributed by atoms with van der Waals surface area (Å²) in [5, 5.41) is 3.31. The minimum atomic E-state index is 0.137. The minimum Gasteiger partial charge on any atom is -0.305 e. The molecule has 1 rings (SSSR count). The van der Waals surface area contributed by atoms with Crippen LogP contribution in [0.25, 0.3) is 0 Å². The van der Waals surface area contributed by atoms with Gasteiger partial charge in [0, 0.05) is 18.3 Å². The van der Waals surface area contributed by atoms with E-state index < -0.39 is 0 Å². The zero-order valence-electron chi connectivity index (χ0n) is 5.44. The summed E-state index contributed by atoms with van der Waals surface area (Å²) in [6.45, 7) is 6.19. The van der Waals surface area contributed by atoms with Crippen LogP contribution in [0.4, 0.5) is 0 Å². The van der Waals surface area contributed by atoms with Crippen molar-refractivity contribution in [3.05, 3.63) is 0 Å². The van der Waals surface area contributed by atoms with Gasteiger partial charge in [0.25, 0.3) is 0 Å². The van der Waals surface area contributed by atoms with Crippen LogP contribution < -0.4 is 5.32 Å². The average Bonchev–Trinajstić information content (AvgIpc) is 1.65. The molecular weight excluding hydrogens is 100 g/mol. The Morgan fingerprint density at radius 2 is 2.38 bits per heavy atom. The molecule has 0 radical (unpaired) electrons. The van der Waals surface area contributed by atoms with Gasteiger partial charge in [-0.25, -0.2) is 0 Å². The molecule has 1 aliphatic heterocycles. The topological polar surface area (TPSA) is 24.4 Å². The Morgan fingerprint density at radius 3 is 2.62 bits per heavy atom. The van der Waals surface area contributed by atoms with Gasteiger partial charge in [-0.05, 0) is 13.8 Å². The molecule has 0 aromatic heterocycles. The first-order valence-electron chi connectivity index (χ1n) is 2.97. The average molecular weight is 112 g/mol. The molecule has 0 atom stereocenters. The first-order valence-corrected chi connectivity index (χ1v) is 2.97. The molecule has 0 saturated carbocycles. The molecule has 2 nitrogen and oxygen atoms in total. The van der Waals surface area contributed by atoms with Crippen LogP contribution in [0.2, 0.25) is 0 Å². The Morgan fingerprint density at radius 1 is 1.62 bits per heavy atom. The molecule has 0 saturated heterocycles. The van der Waals surface area contributed by atoms with Crippen molar-refractivity contribution in [1.29, 1.82) is 0 Å². The van der Waals surface area contributed by atoms with Gasteiger partial charge in [0.2, 0.25) is 0 Å². The lowest BCUT2D eigenvalue weighted by Gasteiger charge is -2.24. The van der Waals surface area contributed by atoms with E-state index in [0.717, 1.165) is 13.1 Å². The maximum atomic E-state index is 4.14. The van der Waals surface area contributed by atoms with Crippen LogP contribution >= 0.6 is 0 Å². The number of nitrogens with one attached hydrogen (secondary N) is 1. The van der Waals surface area contributed by atoms with Crippen molar-refractivity contribution in [2.24, 2.45) is 4.99 Å². The molecule has 1 N–H and O–H groups in total. The van der Waals surface area contributed by atoms with Gasteiger partial charge in [-0.3, -0.25) is 4.99 Å². The van der Waals surface area contributed by atoms with Crippen molar-refractivity contribution in [1.82, 2.24) is 5.32 Å². The number of hydrogen-bond donors (Lipinski definition) is 1. The summed E-state index contributed by atoms with van der Waals surface area (Å²) in [5.74, 6) is 0. The highest BCUT2D eigenvalue weighted by atomic mass is 15.0. The van der Waals surface area contributed by atoms with Gasteiger partial charge in [0.15, 0.2) is 0 Å². The second-order valence-electron chi connectivity index (χ2n) is 2.68. The van der Waals surface area contributed by atoms with E-state index in [1.807, 2.05) is 6.21 Å². The van der Waals surface area contributed by atoms with Gasteiger partial charge in [0.1, 0.15) is 0 Å². The lowest BCUT2D eigenvalue weighted by Crippen LogP contribution is -2.44. The van der Waals surface area contributed by atoms with Crippen molar-refractivity contribution >= 4 is 6.21 Å². The van der Waals surface area contributed by atoms with Crippen molar-refractivity contribution in [2.75, 3.05) is 13.1 Å². The van der Waals surface area contributed by atoms with Crippen LogP contribution in [-0.2, 0) is 0 Å². The fourth-order valence-corrected chi connectivity index (χ4v) is 0.781. The monoisotopic (exact) mass is 112 g/mol. The van der Waals surface area contributed by atoms with Crippen LogP contribution in [-0.4, -0.2) is 24.8 Å². The normalized spacial score (nSPS) is 25.8. The van der Waals surface area contributed by atoms with E-state index in [-0.39, 0.29) is 5.54 Å². The molecular formula is C6H12N2. The second kappa shape index (κ2) is 1.86. The molecule has 0 fully saturated rings. The van der Waals surface area contributed by atoms with Gasteiger partial charge in [-0.1, -0.05) is 0 Å². The highest BCUT2D eigenvalue weighted by molar-refractivity contribution is 5.69. The fourth-order valence-electron chi connectivity index (χ4n) is 0.781. The summed E-state index contributed by atoms with van der Waals surface area (Å²) in [4.78, 5) is 4.14. The molecule has 0 amide bonds. The molecule has 0 aromatic rings. The van der Waals surface area contributed by atoms with Crippen molar-refractivity contribution in [3.8, 4) is 0 Å². The van der Waals surface area contributed by atoms with E-state index in [9.17, 15) is 0 Å².